The molecular weight excluding hydrogens is 808 g/mol. The first-order valence-corrected chi connectivity index (χ1v) is 17.3. The fourth-order valence-electron chi connectivity index (χ4n) is 4.64. The monoisotopic (exact) mass is 831 g/mol. The van der Waals surface area contributed by atoms with Crippen LogP contribution in [0.3, 0.4) is 0 Å². The first-order valence-electron chi connectivity index (χ1n) is 14.5. The predicted molar refractivity (Wildman–Crippen MR) is 190 cm³/mol. The average molecular weight is 831 g/mol. The van der Waals surface area contributed by atoms with Crippen molar-refractivity contribution >= 4 is 122 Å². The zero-order valence-corrected chi connectivity index (χ0v) is 31.9. The van der Waals surface area contributed by atoms with E-state index < -0.39 is 32.2 Å². The molecule has 0 bridgehead atoms. The average Bonchev–Trinajstić information content (AvgIpc) is 3.10. The molecule has 0 unspecified atom stereocenters. The summed E-state index contributed by atoms with van der Waals surface area (Å²) in [5.41, 5.74) is 1.16. The maximum absolute atomic E-state index is 11.2. The van der Waals surface area contributed by atoms with Crippen LogP contribution < -0.4 is 0 Å². The van der Waals surface area contributed by atoms with Gasteiger partial charge in [0.05, 0.1) is 32.3 Å². The van der Waals surface area contributed by atoms with E-state index in [-0.39, 0.29) is 89.3 Å². The fourth-order valence-corrected chi connectivity index (χ4v) is 5.66. The summed E-state index contributed by atoms with van der Waals surface area (Å²) in [6, 6.07) is 24.4. The fraction of sp³-hybridized carbons (Fsp3) is 0. The summed E-state index contributed by atoms with van der Waals surface area (Å²) in [6.07, 6.45) is 0. The van der Waals surface area contributed by atoms with Crippen LogP contribution in [0, 0.1) is 0 Å². The second kappa shape index (κ2) is 16.7. The molecule has 0 spiro atoms. The van der Waals surface area contributed by atoms with Gasteiger partial charge in [0.1, 0.15) is 33.0 Å². The van der Waals surface area contributed by atoms with E-state index in [2.05, 4.69) is 20.5 Å². The summed E-state index contributed by atoms with van der Waals surface area (Å²) in [6.45, 7) is 0. The molecule has 0 saturated heterocycles. The van der Waals surface area contributed by atoms with Crippen molar-refractivity contribution in [1.29, 1.82) is 0 Å². The van der Waals surface area contributed by atoms with Gasteiger partial charge in [0.15, 0.2) is 0 Å². The number of phenols is 2. The Kier molecular flexibility index (Phi) is 12.8. The van der Waals surface area contributed by atoms with Gasteiger partial charge in [-0.05, 0) is 95.7 Å². The minimum absolute atomic E-state index is 0. The van der Waals surface area contributed by atoms with Gasteiger partial charge in [-0.3, -0.25) is 4.55 Å². The number of hydrogen-bond donors (Lipinski definition) is 5. The van der Waals surface area contributed by atoms with Gasteiger partial charge in [0.25, 0.3) is 10.1 Å². The van der Waals surface area contributed by atoms with Crippen molar-refractivity contribution in [3.05, 3.63) is 120 Å². The Morgan fingerprint density at radius 1 is 0.528 bits per heavy atom. The van der Waals surface area contributed by atoms with Crippen molar-refractivity contribution in [2.24, 2.45) is 20.5 Å². The van der Waals surface area contributed by atoms with Crippen molar-refractivity contribution in [3.8, 4) is 11.5 Å². The molecule has 53 heavy (non-hydrogen) atoms. The molecule has 0 radical (unpaired) electrons. The van der Waals surface area contributed by atoms with Crippen molar-refractivity contribution in [1.82, 2.24) is 0 Å². The Bertz CT molecular complexity index is 2470. The van der Waals surface area contributed by atoms with Crippen LogP contribution in [0.5, 0.6) is 11.5 Å². The molecule has 0 fully saturated rings. The number of phenolic OH excluding ortho intramolecular Hbond substituents is 2. The van der Waals surface area contributed by atoms with Crippen LogP contribution in [0.2, 0.25) is 0 Å². The second-order valence-electron chi connectivity index (χ2n) is 10.7. The van der Waals surface area contributed by atoms with Gasteiger partial charge in [0, 0.05) is 10.8 Å². The molecule has 6 rings (SSSR count). The van der Waals surface area contributed by atoms with Crippen LogP contribution in [0.25, 0.3) is 21.5 Å². The SMILES string of the molecule is O=C(O)c1ccc(N=Nc2c(O)ccc3cc(S(=O)(=O)O)ccc23)cc1.O=C(O)c1ccc(N=Nc2c(O)ccc3cc(S(=O)(=O)[O-])ccc23)cc1.[Sr+2]. The third kappa shape index (κ3) is 10.1. The Balaban J connectivity index is 0.000000232. The molecule has 6 aromatic carbocycles. The van der Waals surface area contributed by atoms with Gasteiger partial charge in [-0.1, -0.05) is 24.3 Å². The summed E-state index contributed by atoms with van der Waals surface area (Å²) in [5.74, 6) is -2.47. The van der Waals surface area contributed by atoms with E-state index in [1.54, 1.807) is 0 Å². The first-order chi connectivity index (χ1) is 24.5. The van der Waals surface area contributed by atoms with Crippen LogP contribution in [0.1, 0.15) is 20.7 Å². The minimum Gasteiger partial charge on any atom is -0.744 e. The van der Waals surface area contributed by atoms with Gasteiger partial charge < -0.3 is 25.0 Å². The molecule has 16 nitrogen and oxygen atoms in total. The largest absolute Gasteiger partial charge is 2.00 e. The van der Waals surface area contributed by atoms with Gasteiger partial charge in [0.2, 0.25) is 0 Å². The minimum atomic E-state index is -4.60. The van der Waals surface area contributed by atoms with E-state index in [9.17, 15) is 41.2 Å². The molecule has 264 valence electrons. The van der Waals surface area contributed by atoms with E-state index in [0.29, 0.717) is 32.9 Å². The predicted octanol–water partition coefficient (Wildman–Crippen LogP) is 7.09. The maximum atomic E-state index is 11.2. The number of carboxylic acid groups (broad SMARTS) is 2. The number of fused-ring (bicyclic) bond motifs is 2. The molecule has 0 aliphatic rings. The molecule has 19 heteroatoms. The molecule has 5 N–H and O–H groups in total. The number of aromatic hydroxyl groups is 2. The van der Waals surface area contributed by atoms with E-state index >= 15 is 0 Å². The van der Waals surface area contributed by atoms with Gasteiger partial charge in [-0.2, -0.15) is 18.6 Å². The van der Waals surface area contributed by atoms with Crippen molar-refractivity contribution in [2.45, 2.75) is 9.79 Å². The number of carboxylic acids is 2. The number of carbonyl (C=O) groups is 2. The van der Waals surface area contributed by atoms with Crippen LogP contribution in [0.4, 0.5) is 22.7 Å². The van der Waals surface area contributed by atoms with Crippen LogP contribution in [0.15, 0.2) is 139 Å². The molecule has 0 aromatic heterocycles. The van der Waals surface area contributed by atoms with Gasteiger partial charge in [-0.25, -0.2) is 18.0 Å². The molecular formula is C34H23N4O12S2Sr+. The van der Waals surface area contributed by atoms with Crippen molar-refractivity contribution in [2.75, 3.05) is 0 Å². The Morgan fingerprint density at radius 3 is 1.26 bits per heavy atom. The summed E-state index contributed by atoms with van der Waals surface area (Å²) in [5, 5.41) is 55.3. The Morgan fingerprint density at radius 2 is 0.906 bits per heavy atom. The Hall–Kier alpha value is -5.12. The molecule has 0 atom stereocenters. The molecule has 0 aliphatic heterocycles. The molecule has 6 aromatic rings. The second-order valence-corrected chi connectivity index (χ2v) is 13.5. The molecule has 0 heterocycles. The zero-order chi connectivity index (χ0) is 37.8. The van der Waals surface area contributed by atoms with Gasteiger partial charge >= 0.3 is 57.4 Å². The quantitative estimate of drug-likeness (QED) is 0.0584. The normalized spacial score (nSPS) is 11.7. The smallest absolute Gasteiger partial charge is 0.744 e. The third-order valence-corrected chi connectivity index (χ3v) is 8.91. The Labute approximate surface area is 337 Å². The summed E-state index contributed by atoms with van der Waals surface area (Å²) in [4.78, 5) is 21.0. The van der Waals surface area contributed by atoms with E-state index in [0.717, 1.165) is 6.07 Å². The maximum Gasteiger partial charge on any atom is 2.00 e. The summed E-state index contributed by atoms with van der Waals surface area (Å²) in [7, 11) is -8.95. The number of azo groups is 2. The standard InChI is InChI=1S/2C17H12N2O6S.Sr/c2*20-15-8-3-11-9-13(26(23,24)25)6-7-14(11)16(15)19-18-12-4-1-10(2-5-12)17(21)22;/h2*1-9,20H,(H,21,22)(H,23,24,25);/q;;+2/p-1. The number of hydrogen-bond acceptors (Lipinski definition) is 13. The van der Waals surface area contributed by atoms with Gasteiger partial charge in [-0.15, -0.1) is 10.2 Å². The van der Waals surface area contributed by atoms with E-state index in [1.807, 2.05) is 0 Å². The third-order valence-electron chi connectivity index (χ3n) is 7.23. The molecule has 0 saturated carbocycles. The van der Waals surface area contributed by atoms with Crippen LogP contribution >= 0.6 is 0 Å². The van der Waals surface area contributed by atoms with Crippen molar-refractivity contribution < 1.29 is 56.0 Å². The number of aromatic carboxylic acids is 2. The number of benzene rings is 6. The number of rotatable bonds is 8. The summed E-state index contributed by atoms with van der Waals surface area (Å²) >= 11 is 0. The van der Waals surface area contributed by atoms with Crippen LogP contribution in [-0.2, 0) is 20.2 Å². The zero-order valence-electron chi connectivity index (χ0n) is 26.8. The summed E-state index contributed by atoms with van der Waals surface area (Å²) < 4.78 is 65.0. The molecule has 0 aliphatic carbocycles. The van der Waals surface area contributed by atoms with E-state index in [4.69, 9.17) is 14.8 Å². The molecule has 0 amide bonds. The van der Waals surface area contributed by atoms with Crippen molar-refractivity contribution in [3.63, 3.8) is 0 Å². The van der Waals surface area contributed by atoms with E-state index in [1.165, 1.54) is 103 Å². The first kappa shape index (κ1) is 40.6. The number of nitrogens with zero attached hydrogens (tertiary/aromatic N) is 4. The van der Waals surface area contributed by atoms with Crippen LogP contribution in [-0.4, -0.2) is 104 Å². The topological polar surface area (TPSA) is 276 Å².